The van der Waals surface area contributed by atoms with Crippen LogP contribution in [0.2, 0.25) is 0 Å². The van der Waals surface area contributed by atoms with E-state index in [1.165, 1.54) is 51.6 Å². The Bertz CT molecular complexity index is 232. The Morgan fingerprint density at radius 3 is 2.42 bits per heavy atom. The third-order valence-electron chi connectivity index (χ3n) is 3.54. The van der Waals surface area contributed by atoms with E-state index in [0.717, 1.165) is 32.1 Å². The van der Waals surface area contributed by atoms with Crippen LogP contribution in [0.1, 0.15) is 52.4 Å². The molecule has 1 aliphatic rings. The first kappa shape index (κ1) is 16.3. The first-order valence-corrected chi connectivity index (χ1v) is 8.11. The van der Waals surface area contributed by atoms with Crippen LogP contribution in [-0.2, 0) is 0 Å². The molecule has 112 valence electrons. The largest absolute Gasteiger partial charge is 0.357 e. The zero-order chi connectivity index (χ0) is 13.8. The van der Waals surface area contributed by atoms with Crippen LogP contribution in [-0.4, -0.2) is 50.1 Å². The van der Waals surface area contributed by atoms with E-state index in [1.54, 1.807) is 0 Å². The van der Waals surface area contributed by atoms with Gasteiger partial charge in [-0.2, -0.15) is 0 Å². The molecule has 0 spiro atoms. The number of nitrogens with one attached hydrogen (secondary N) is 2. The molecule has 0 bridgehead atoms. The molecule has 0 atom stereocenters. The average molecular weight is 268 g/mol. The number of nitrogens with zero attached hydrogens (tertiary/aromatic N) is 2. The van der Waals surface area contributed by atoms with Crippen LogP contribution in [0.4, 0.5) is 0 Å². The molecule has 1 aliphatic heterocycles. The number of unbranched alkanes of at least 4 members (excludes halogenated alkanes) is 1. The summed E-state index contributed by atoms with van der Waals surface area (Å²) in [6.45, 7) is 10.9. The number of hydrogen-bond acceptors (Lipinski definition) is 2. The Morgan fingerprint density at radius 1 is 1.05 bits per heavy atom. The monoisotopic (exact) mass is 268 g/mol. The van der Waals surface area contributed by atoms with Crippen LogP contribution in [0.3, 0.4) is 0 Å². The lowest BCUT2D eigenvalue weighted by molar-refractivity contribution is 0.289. The van der Waals surface area contributed by atoms with Crippen molar-refractivity contribution in [1.29, 1.82) is 0 Å². The van der Waals surface area contributed by atoms with Gasteiger partial charge in [0.15, 0.2) is 5.96 Å². The van der Waals surface area contributed by atoms with Crippen molar-refractivity contribution >= 4 is 5.96 Å². The first-order chi connectivity index (χ1) is 9.36. The number of guanidine groups is 1. The second kappa shape index (κ2) is 11.1. The van der Waals surface area contributed by atoms with E-state index in [2.05, 4.69) is 34.4 Å². The molecule has 2 N–H and O–H groups in total. The molecule has 1 saturated heterocycles. The molecule has 0 aromatic carbocycles. The van der Waals surface area contributed by atoms with Crippen molar-refractivity contribution in [3.05, 3.63) is 0 Å². The maximum atomic E-state index is 4.58. The lowest BCUT2D eigenvalue weighted by Crippen LogP contribution is -2.41. The molecule has 4 heteroatoms. The van der Waals surface area contributed by atoms with E-state index >= 15 is 0 Å². The molecule has 1 heterocycles. The summed E-state index contributed by atoms with van der Waals surface area (Å²) in [4.78, 5) is 7.16. The smallest absolute Gasteiger partial charge is 0.191 e. The van der Waals surface area contributed by atoms with Crippen molar-refractivity contribution < 1.29 is 0 Å². The zero-order valence-electron chi connectivity index (χ0n) is 12.9. The van der Waals surface area contributed by atoms with E-state index < -0.39 is 0 Å². The van der Waals surface area contributed by atoms with Crippen LogP contribution in [0.15, 0.2) is 4.99 Å². The van der Waals surface area contributed by atoms with Gasteiger partial charge in [0.05, 0.1) is 0 Å². The number of aliphatic imine (C=N–C) groups is 1. The molecule has 0 aromatic heterocycles. The van der Waals surface area contributed by atoms with Gasteiger partial charge in [0.2, 0.25) is 0 Å². The molecular formula is C15H32N4. The Balaban J connectivity index is 2.20. The topological polar surface area (TPSA) is 39.7 Å². The molecule has 1 fully saturated rings. The van der Waals surface area contributed by atoms with Crippen LogP contribution in [0.25, 0.3) is 0 Å². The lowest BCUT2D eigenvalue weighted by Gasteiger charge is -2.20. The predicted molar refractivity (Wildman–Crippen MR) is 83.8 cm³/mol. The van der Waals surface area contributed by atoms with E-state index in [0.29, 0.717) is 0 Å². The summed E-state index contributed by atoms with van der Waals surface area (Å²) in [5.74, 6) is 0.978. The molecule has 1 rings (SSSR count). The van der Waals surface area contributed by atoms with Gasteiger partial charge in [-0.15, -0.1) is 0 Å². The van der Waals surface area contributed by atoms with Crippen molar-refractivity contribution in [1.82, 2.24) is 15.5 Å². The van der Waals surface area contributed by atoms with Gasteiger partial charge < -0.3 is 15.5 Å². The predicted octanol–water partition coefficient (Wildman–Crippen LogP) is 2.22. The quantitative estimate of drug-likeness (QED) is 0.422. The molecular weight excluding hydrogens is 236 g/mol. The van der Waals surface area contributed by atoms with Crippen molar-refractivity contribution in [2.45, 2.75) is 52.4 Å². The minimum absolute atomic E-state index is 0.926. The highest BCUT2D eigenvalue weighted by molar-refractivity contribution is 5.79. The molecule has 0 unspecified atom stereocenters. The molecule has 19 heavy (non-hydrogen) atoms. The summed E-state index contributed by atoms with van der Waals surface area (Å²) < 4.78 is 0. The molecule has 0 radical (unpaired) electrons. The highest BCUT2D eigenvalue weighted by atomic mass is 15.2. The summed E-state index contributed by atoms with van der Waals surface area (Å²) in [7, 11) is 0. The summed E-state index contributed by atoms with van der Waals surface area (Å²) in [6.07, 6.45) is 7.92. The minimum Gasteiger partial charge on any atom is -0.357 e. The summed E-state index contributed by atoms with van der Waals surface area (Å²) in [5, 5.41) is 6.76. The van der Waals surface area contributed by atoms with Gasteiger partial charge in [0.1, 0.15) is 0 Å². The van der Waals surface area contributed by atoms with Crippen molar-refractivity contribution in [3.63, 3.8) is 0 Å². The van der Waals surface area contributed by atoms with Gasteiger partial charge in [-0.05, 0) is 39.3 Å². The maximum Gasteiger partial charge on any atom is 0.191 e. The molecule has 4 nitrogen and oxygen atoms in total. The Kier molecular flexibility index (Phi) is 9.51. The standard InChI is InChI=1S/C15H32N4/c1-3-5-10-17-15(16-4-2)18-11-14-19-12-8-6-7-9-13-19/h3-14H2,1-2H3,(H2,16,17,18). The Hall–Kier alpha value is -0.770. The van der Waals surface area contributed by atoms with Gasteiger partial charge in [0.25, 0.3) is 0 Å². The summed E-state index contributed by atoms with van der Waals surface area (Å²) in [6, 6.07) is 0. The van der Waals surface area contributed by atoms with Gasteiger partial charge in [0, 0.05) is 26.2 Å². The SMILES string of the molecule is CCCCN=C(NCC)NCCN1CCCCCC1. The molecule has 0 saturated carbocycles. The third kappa shape index (κ3) is 8.09. The normalized spacial score (nSPS) is 18.1. The van der Waals surface area contributed by atoms with Gasteiger partial charge in [-0.1, -0.05) is 26.2 Å². The molecule has 0 aromatic rings. The van der Waals surface area contributed by atoms with Gasteiger partial charge in [-0.25, -0.2) is 0 Å². The fraction of sp³-hybridized carbons (Fsp3) is 0.933. The van der Waals surface area contributed by atoms with Crippen LogP contribution in [0, 0.1) is 0 Å². The third-order valence-corrected chi connectivity index (χ3v) is 3.54. The number of hydrogen-bond donors (Lipinski definition) is 2. The van der Waals surface area contributed by atoms with E-state index in [9.17, 15) is 0 Å². The van der Waals surface area contributed by atoms with Crippen molar-refractivity contribution in [3.8, 4) is 0 Å². The van der Waals surface area contributed by atoms with Crippen LogP contribution < -0.4 is 10.6 Å². The summed E-state index contributed by atoms with van der Waals surface area (Å²) >= 11 is 0. The highest BCUT2D eigenvalue weighted by Crippen LogP contribution is 2.08. The maximum absolute atomic E-state index is 4.58. The van der Waals surface area contributed by atoms with Gasteiger partial charge >= 0.3 is 0 Å². The second-order valence-electron chi connectivity index (χ2n) is 5.30. The lowest BCUT2D eigenvalue weighted by atomic mass is 10.2. The van der Waals surface area contributed by atoms with E-state index in [1.807, 2.05) is 0 Å². The van der Waals surface area contributed by atoms with Crippen molar-refractivity contribution in [2.24, 2.45) is 4.99 Å². The van der Waals surface area contributed by atoms with Crippen LogP contribution in [0.5, 0.6) is 0 Å². The average Bonchev–Trinajstić information content (AvgIpc) is 2.68. The number of likely N-dealkylation sites (tertiary alicyclic amines) is 1. The van der Waals surface area contributed by atoms with E-state index in [4.69, 9.17) is 0 Å². The second-order valence-corrected chi connectivity index (χ2v) is 5.30. The van der Waals surface area contributed by atoms with Crippen molar-refractivity contribution in [2.75, 3.05) is 39.3 Å². The highest BCUT2D eigenvalue weighted by Gasteiger charge is 2.08. The summed E-state index contributed by atoms with van der Waals surface area (Å²) in [5.41, 5.74) is 0. The zero-order valence-corrected chi connectivity index (χ0v) is 12.9. The fourth-order valence-electron chi connectivity index (χ4n) is 2.38. The molecule has 0 amide bonds. The van der Waals surface area contributed by atoms with Gasteiger partial charge in [-0.3, -0.25) is 4.99 Å². The Labute approximate surface area is 119 Å². The first-order valence-electron chi connectivity index (χ1n) is 8.11. The molecule has 0 aliphatic carbocycles. The van der Waals surface area contributed by atoms with Crippen LogP contribution >= 0.6 is 0 Å². The fourth-order valence-corrected chi connectivity index (χ4v) is 2.38. The number of rotatable bonds is 7. The minimum atomic E-state index is 0.926. The van der Waals surface area contributed by atoms with E-state index in [-0.39, 0.29) is 0 Å². The Morgan fingerprint density at radius 2 is 1.79 bits per heavy atom.